The first kappa shape index (κ1) is 13.3. The molecule has 1 aromatic carbocycles. The van der Waals surface area contributed by atoms with Crippen molar-refractivity contribution >= 4 is 17.3 Å². The highest BCUT2D eigenvalue weighted by atomic mass is 16.2. The maximum absolute atomic E-state index is 12.8. The van der Waals surface area contributed by atoms with Crippen LogP contribution < -0.4 is 10.6 Å². The fourth-order valence-electron chi connectivity index (χ4n) is 3.40. The fourth-order valence-corrected chi connectivity index (χ4v) is 3.40. The number of anilines is 2. The molecule has 3 atom stereocenters. The van der Waals surface area contributed by atoms with Crippen molar-refractivity contribution in [1.82, 2.24) is 4.90 Å². The minimum absolute atomic E-state index is 0.159. The molecule has 4 heteroatoms. The Bertz CT molecular complexity index is 492. The molecule has 1 amide bonds. The van der Waals surface area contributed by atoms with Crippen LogP contribution in [0.3, 0.4) is 0 Å². The maximum atomic E-state index is 12.8. The van der Waals surface area contributed by atoms with Gasteiger partial charge in [-0.2, -0.15) is 0 Å². The summed E-state index contributed by atoms with van der Waals surface area (Å²) in [5.41, 5.74) is 2.10. The van der Waals surface area contributed by atoms with Gasteiger partial charge in [0.05, 0.1) is 11.4 Å². The van der Waals surface area contributed by atoms with Crippen molar-refractivity contribution in [3.8, 4) is 0 Å². The normalized spacial score (nSPS) is 29.1. The van der Waals surface area contributed by atoms with E-state index < -0.39 is 0 Å². The van der Waals surface area contributed by atoms with Crippen molar-refractivity contribution in [2.45, 2.75) is 51.2 Å². The molecule has 2 heterocycles. The first-order valence-electron chi connectivity index (χ1n) is 7.58. The number of likely N-dealkylation sites (tertiary alicyclic amines) is 1. The molecule has 0 radical (unpaired) electrons. The zero-order valence-electron chi connectivity index (χ0n) is 12.2. The molecule has 3 unspecified atom stereocenters. The van der Waals surface area contributed by atoms with E-state index in [2.05, 4.69) is 29.4 Å². The molecule has 0 spiro atoms. The molecule has 0 bridgehead atoms. The van der Waals surface area contributed by atoms with E-state index in [9.17, 15) is 4.79 Å². The molecule has 1 fully saturated rings. The lowest BCUT2D eigenvalue weighted by atomic mass is 9.96. The molecule has 2 aliphatic rings. The summed E-state index contributed by atoms with van der Waals surface area (Å²) in [6.07, 6.45) is 3.46. The minimum atomic E-state index is -0.159. The molecule has 4 nitrogen and oxygen atoms in total. The molecule has 2 N–H and O–H groups in total. The van der Waals surface area contributed by atoms with Crippen LogP contribution in [0, 0.1) is 0 Å². The van der Waals surface area contributed by atoms with Crippen molar-refractivity contribution in [3.05, 3.63) is 24.3 Å². The number of piperidine rings is 1. The molecule has 0 aromatic heterocycles. The highest BCUT2D eigenvalue weighted by Gasteiger charge is 2.34. The molecule has 3 rings (SSSR count). The van der Waals surface area contributed by atoms with Gasteiger partial charge in [-0.25, -0.2) is 0 Å². The summed E-state index contributed by atoms with van der Waals surface area (Å²) in [5, 5.41) is 6.73. The molecular formula is C16H23N3O. The molecule has 108 valence electrons. The molecule has 20 heavy (non-hydrogen) atoms. The number of hydrogen-bond acceptors (Lipinski definition) is 3. The SMILES string of the molecule is CC1CCCC(C)N1C(=O)C1CNc2ccccc2N1. The number of nitrogens with one attached hydrogen (secondary N) is 2. The first-order valence-corrected chi connectivity index (χ1v) is 7.58. The summed E-state index contributed by atoms with van der Waals surface area (Å²) in [7, 11) is 0. The largest absolute Gasteiger partial charge is 0.381 e. The smallest absolute Gasteiger partial charge is 0.247 e. The molecular weight excluding hydrogens is 250 g/mol. The summed E-state index contributed by atoms with van der Waals surface area (Å²) >= 11 is 0. The van der Waals surface area contributed by atoms with E-state index in [0.717, 1.165) is 24.2 Å². The maximum Gasteiger partial charge on any atom is 0.247 e. The predicted octanol–water partition coefficient (Wildman–Crippen LogP) is 2.68. The Balaban J connectivity index is 1.75. The van der Waals surface area contributed by atoms with Crippen LogP contribution in [-0.4, -0.2) is 35.5 Å². The van der Waals surface area contributed by atoms with Gasteiger partial charge in [-0.3, -0.25) is 4.79 Å². The Hall–Kier alpha value is -1.71. The molecule has 0 aliphatic carbocycles. The number of para-hydroxylation sites is 2. The second kappa shape index (κ2) is 5.35. The van der Waals surface area contributed by atoms with Crippen LogP contribution in [0.1, 0.15) is 33.1 Å². The zero-order chi connectivity index (χ0) is 14.1. The quantitative estimate of drug-likeness (QED) is 0.827. The number of hydrogen-bond donors (Lipinski definition) is 2. The number of amides is 1. The summed E-state index contributed by atoms with van der Waals surface area (Å²) < 4.78 is 0. The number of fused-ring (bicyclic) bond motifs is 1. The molecule has 2 aliphatic heterocycles. The van der Waals surface area contributed by atoms with Crippen molar-refractivity contribution in [2.75, 3.05) is 17.2 Å². The van der Waals surface area contributed by atoms with Gasteiger partial charge in [-0.15, -0.1) is 0 Å². The van der Waals surface area contributed by atoms with E-state index >= 15 is 0 Å². The average Bonchev–Trinajstić information content (AvgIpc) is 2.46. The topological polar surface area (TPSA) is 44.4 Å². The first-order chi connectivity index (χ1) is 9.66. The Morgan fingerprint density at radius 1 is 1.15 bits per heavy atom. The highest BCUT2D eigenvalue weighted by molar-refractivity contribution is 5.89. The van der Waals surface area contributed by atoms with Gasteiger partial charge >= 0.3 is 0 Å². The van der Waals surface area contributed by atoms with Crippen molar-refractivity contribution in [1.29, 1.82) is 0 Å². The van der Waals surface area contributed by atoms with Crippen LogP contribution in [0.5, 0.6) is 0 Å². The van der Waals surface area contributed by atoms with E-state index in [1.807, 2.05) is 24.3 Å². The van der Waals surface area contributed by atoms with Gasteiger partial charge < -0.3 is 15.5 Å². The molecule has 1 aromatic rings. The summed E-state index contributed by atoms with van der Waals surface area (Å²) in [4.78, 5) is 14.9. The summed E-state index contributed by atoms with van der Waals surface area (Å²) in [6.45, 7) is 4.99. The Morgan fingerprint density at radius 2 is 1.80 bits per heavy atom. The monoisotopic (exact) mass is 273 g/mol. The Labute approximate surface area is 120 Å². The lowest BCUT2D eigenvalue weighted by Gasteiger charge is -2.42. The van der Waals surface area contributed by atoms with E-state index in [1.165, 1.54) is 6.42 Å². The molecule has 1 saturated heterocycles. The number of nitrogens with zero attached hydrogens (tertiary/aromatic N) is 1. The van der Waals surface area contributed by atoms with Gasteiger partial charge in [-0.1, -0.05) is 12.1 Å². The van der Waals surface area contributed by atoms with Crippen LogP contribution in [0.15, 0.2) is 24.3 Å². The zero-order valence-corrected chi connectivity index (χ0v) is 12.2. The van der Waals surface area contributed by atoms with Crippen LogP contribution in [0.2, 0.25) is 0 Å². The van der Waals surface area contributed by atoms with E-state index in [1.54, 1.807) is 0 Å². The van der Waals surface area contributed by atoms with Gasteiger partial charge in [0.15, 0.2) is 0 Å². The van der Waals surface area contributed by atoms with Gasteiger partial charge in [-0.05, 0) is 45.2 Å². The number of carbonyl (C=O) groups is 1. The van der Waals surface area contributed by atoms with Crippen molar-refractivity contribution < 1.29 is 4.79 Å². The second-order valence-electron chi connectivity index (χ2n) is 6.00. The van der Waals surface area contributed by atoms with Crippen molar-refractivity contribution in [3.63, 3.8) is 0 Å². The highest BCUT2D eigenvalue weighted by Crippen LogP contribution is 2.28. The summed E-state index contributed by atoms with van der Waals surface area (Å²) in [5.74, 6) is 0.228. The third-order valence-corrected chi connectivity index (χ3v) is 4.50. The lowest BCUT2D eigenvalue weighted by Crippen LogP contribution is -2.55. The van der Waals surface area contributed by atoms with Gasteiger partial charge in [0, 0.05) is 18.6 Å². The van der Waals surface area contributed by atoms with Crippen LogP contribution in [0.4, 0.5) is 11.4 Å². The van der Waals surface area contributed by atoms with Gasteiger partial charge in [0.25, 0.3) is 0 Å². The minimum Gasteiger partial charge on any atom is -0.381 e. The standard InChI is InChI=1S/C16H23N3O/c1-11-6-5-7-12(2)19(11)16(20)15-10-17-13-8-3-4-9-14(13)18-15/h3-4,8-9,11-12,15,17-18H,5-7,10H2,1-2H3. The van der Waals surface area contributed by atoms with Crippen LogP contribution in [-0.2, 0) is 4.79 Å². The van der Waals surface area contributed by atoms with Crippen LogP contribution >= 0.6 is 0 Å². The van der Waals surface area contributed by atoms with E-state index in [0.29, 0.717) is 18.6 Å². The number of benzene rings is 1. The fraction of sp³-hybridized carbons (Fsp3) is 0.562. The predicted molar refractivity (Wildman–Crippen MR) is 82.0 cm³/mol. The Morgan fingerprint density at radius 3 is 2.50 bits per heavy atom. The number of carbonyl (C=O) groups excluding carboxylic acids is 1. The van der Waals surface area contributed by atoms with Gasteiger partial charge in [0.2, 0.25) is 5.91 Å². The Kier molecular flexibility index (Phi) is 3.55. The van der Waals surface area contributed by atoms with Crippen LogP contribution in [0.25, 0.3) is 0 Å². The van der Waals surface area contributed by atoms with E-state index in [4.69, 9.17) is 0 Å². The third kappa shape index (κ3) is 2.35. The molecule has 0 saturated carbocycles. The number of rotatable bonds is 1. The van der Waals surface area contributed by atoms with Crippen molar-refractivity contribution in [2.24, 2.45) is 0 Å². The van der Waals surface area contributed by atoms with E-state index in [-0.39, 0.29) is 11.9 Å². The third-order valence-electron chi connectivity index (χ3n) is 4.50. The average molecular weight is 273 g/mol. The van der Waals surface area contributed by atoms with Gasteiger partial charge in [0.1, 0.15) is 6.04 Å². The lowest BCUT2D eigenvalue weighted by molar-refractivity contribution is -0.137. The second-order valence-corrected chi connectivity index (χ2v) is 6.00. The summed E-state index contributed by atoms with van der Waals surface area (Å²) in [6, 6.07) is 8.60.